The van der Waals surface area contributed by atoms with Crippen LogP contribution in [0.2, 0.25) is 0 Å². The number of rotatable bonds is 3. The fourth-order valence-electron chi connectivity index (χ4n) is 2.19. The Balaban J connectivity index is 0.000000412. The molecule has 1 aliphatic rings. The Kier molecular flexibility index (Phi) is 7.49. The standard InChI is InChI=1S/C14H18F2N2O.C2HF3O2/c1-2-10-3-5-12(6-4-10)18-13(19)11-7-14(15,16)9-17-8-11;3-2(4,5)1(6)7/h3-6,11,17H,2,7-9H2,1H3,(H,18,19);(H,6,7). The molecule has 0 radical (unpaired) electrons. The SMILES string of the molecule is CCc1ccc(NC(=O)C2CNCC(F)(F)C2)cc1.O=C(O)C(F)(F)F. The van der Waals surface area contributed by atoms with Crippen LogP contribution in [0.5, 0.6) is 0 Å². The number of benzene rings is 1. The minimum atomic E-state index is -5.08. The maximum absolute atomic E-state index is 13.2. The van der Waals surface area contributed by atoms with Crippen LogP contribution in [-0.4, -0.2) is 42.2 Å². The molecule has 1 amide bonds. The van der Waals surface area contributed by atoms with Crippen LogP contribution < -0.4 is 10.6 Å². The van der Waals surface area contributed by atoms with Crippen molar-refractivity contribution in [2.45, 2.75) is 31.9 Å². The third-order valence-electron chi connectivity index (χ3n) is 3.56. The molecular formula is C16H19F5N2O3. The van der Waals surface area contributed by atoms with Crippen molar-refractivity contribution < 1.29 is 36.6 Å². The van der Waals surface area contributed by atoms with Crippen molar-refractivity contribution in [2.24, 2.45) is 5.92 Å². The molecule has 1 aromatic rings. The van der Waals surface area contributed by atoms with Crippen molar-refractivity contribution in [1.82, 2.24) is 5.32 Å². The predicted octanol–water partition coefficient (Wildman–Crippen LogP) is 3.07. The van der Waals surface area contributed by atoms with Gasteiger partial charge in [-0.05, 0) is 24.1 Å². The van der Waals surface area contributed by atoms with Gasteiger partial charge in [0.25, 0.3) is 5.92 Å². The molecule has 0 bridgehead atoms. The van der Waals surface area contributed by atoms with E-state index < -0.39 is 30.4 Å². The van der Waals surface area contributed by atoms with E-state index in [2.05, 4.69) is 10.6 Å². The van der Waals surface area contributed by atoms with E-state index in [1.807, 2.05) is 19.1 Å². The normalized spacial score (nSPS) is 19.1. The number of hydrogen-bond donors (Lipinski definition) is 3. The Morgan fingerprint density at radius 1 is 1.27 bits per heavy atom. The highest BCUT2D eigenvalue weighted by Crippen LogP contribution is 2.27. The Hall–Kier alpha value is -2.23. The summed E-state index contributed by atoms with van der Waals surface area (Å²) in [4.78, 5) is 20.8. The molecular weight excluding hydrogens is 363 g/mol. The zero-order valence-electron chi connectivity index (χ0n) is 13.9. The monoisotopic (exact) mass is 382 g/mol. The van der Waals surface area contributed by atoms with E-state index >= 15 is 0 Å². The molecule has 5 nitrogen and oxygen atoms in total. The summed E-state index contributed by atoms with van der Waals surface area (Å²) in [6, 6.07) is 7.43. The lowest BCUT2D eigenvalue weighted by molar-refractivity contribution is -0.192. The number of piperidine rings is 1. The van der Waals surface area contributed by atoms with Crippen molar-refractivity contribution in [3.8, 4) is 0 Å². The maximum atomic E-state index is 13.2. The van der Waals surface area contributed by atoms with Crippen molar-refractivity contribution in [2.75, 3.05) is 18.4 Å². The topological polar surface area (TPSA) is 78.4 Å². The average molecular weight is 382 g/mol. The molecule has 2 rings (SSSR count). The molecule has 1 heterocycles. The maximum Gasteiger partial charge on any atom is 0.490 e. The number of amides is 1. The van der Waals surface area contributed by atoms with E-state index in [0.717, 1.165) is 6.42 Å². The Morgan fingerprint density at radius 2 is 1.81 bits per heavy atom. The predicted molar refractivity (Wildman–Crippen MR) is 84.1 cm³/mol. The molecule has 0 aromatic heterocycles. The second kappa shape index (κ2) is 8.93. The zero-order valence-corrected chi connectivity index (χ0v) is 13.9. The van der Waals surface area contributed by atoms with Crippen LogP contribution in [0, 0.1) is 5.92 Å². The highest BCUT2D eigenvalue weighted by molar-refractivity contribution is 5.92. The molecule has 0 spiro atoms. The number of hydrogen-bond acceptors (Lipinski definition) is 3. The third-order valence-corrected chi connectivity index (χ3v) is 3.56. The summed E-state index contributed by atoms with van der Waals surface area (Å²) in [5.74, 6) is -6.59. The Bertz CT molecular complexity index is 617. The van der Waals surface area contributed by atoms with Crippen LogP contribution >= 0.6 is 0 Å². The minimum absolute atomic E-state index is 0.300. The van der Waals surface area contributed by atoms with E-state index in [1.54, 1.807) is 12.1 Å². The summed E-state index contributed by atoms with van der Waals surface area (Å²) >= 11 is 0. The molecule has 1 aromatic carbocycles. The summed E-state index contributed by atoms with van der Waals surface area (Å²) in [6.45, 7) is 2.00. The van der Waals surface area contributed by atoms with Gasteiger partial charge in [-0.1, -0.05) is 19.1 Å². The van der Waals surface area contributed by atoms with Gasteiger partial charge in [-0.3, -0.25) is 4.79 Å². The smallest absolute Gasteiger partial charge is 0.475 e. The second-order valence-electron chi connectivity index (χ2n) is 5.73. The lowest BCUT2D eigenvalue weighted by Gasteiger charge is -2.28. The van der Waals surface area contributed by atoms with Gasteiger partial charge in [0.15, 0.2) is 0 Å². The van der Waals surface area contributed by atoms with E-state index in [1.165, 1.54) is 5.56 Å². The molecule has 1 atom stereocenters. The first-order chi connectivity index (χ1) is 11.9. The number of carbonyl (C=O) groups is 2. The molecule has 146 valence electrons. The first kappa shape index (κ1) is 21.8. The Morgan fingerprint density at radius 3 is 2.23 bits per heavy atom. The number of halogens is 5. The van der Waals surface area contributed by atoms with E-state index in [0.29, 0.717) is 12.2 Å². The van der Waals surface area contributed by atoms with E-state index in [9.17, 15) is 26.7 Å². The molecule has 1 saturated heterocycles. The van der Waals surface area contributed by atoms with Gasteiger partial charge in [-0.25, -0.2) is 13.6 Å². The number of carboxylic acid groups (broad SMARTS) is 1. The number of carbonyl (C=O) groups excluding carboxylic acids is 1. The van der Waals surface area contributed by atoms with Gasteiger partial charge in [0.1, 0.15) is 0 Å². The third kappa shape index (κ3) is 7.34. The number of carboxylic acids is 1. The molecule has 0 saturated carbocycles. The number of nitrogens with one attached hydrogen (secondary N) is 2. The number of anilines is 1. The van der Waals surface area contributed by atoms with Gasteiger partial charge in [0, 0.05) is 18.7 Å². The first-order valence-electron chi connectivity index (χ1n) is 7.73. The van der Waals surface area contributed by atoms with Crippen LogP contribution in [0.25, 0.3) is 0 Å². The van der Waals surface area contributed by atoms with Crippen LogP contribution in [0.4, 0.5) is 27.6 Å². The largest absolute Gasteiger partial charge is 0.490 e. The van der Waals surface area contributed by atoms with Gasteiger partial charge in [-0.15, -0.1) is 0 Å². The van der Waals surface area contributed by atoms with Crippen LogP contribution in [0.3, 0.4) is 0 Å². The number of alkyl halides is 5. The van der Waals surface area contributed by atoms with Crippen LogP contribution in [0.1, 0.15) is 18.9 Å². The minimum Gasteiger partial charge on any atom is -0.475 e. The summed E-state index contributed by atoms with van der Waals surface area (Å²) in [7, 11) is 0. The number of aryl methyl sites for hydroxylation is 1. The number of aliphatic carboxylic acids is 1. The fraction of sp³-hybridized carbons (Fsp3) is 0.500. The molecule has 10 heteroatoms. The van der Waals surface area contributed by atoms with Crippen LogP contribution in [0.15, 0.2) is 24.3 Å². The highest BCUT2D eigenvalue weighted by atomic mass is 19.4. The van der Waals surface area contributed by atoms with Crippen molar-refractivity contribution in [1.29, 1.82) is 0 Å². The van der Waals surface area contributed by atoms with Crippen molar-refractivity contribution >= 4 is 17.6 Å². The molecule has 1 fully saturated rings. The molecule has 0 aliphatic carbocycles. The summed E-state index contributed by atoms with van der Waals surface area (Å²) in [5, 5.41) is 12.4. The molecule has 1 unspecified atom stereocenters. The summed E-state index contributed by atoms with van der Waals surface area (Å²) in [5.41, 5.74) is 1.82. The van der Waals surface area contributed by atoms with Crippen LogP contribution in [-0.2, 0) is 16.0 Å². The lowest BCUT2D eigenvalue weighted by atomic mass is 9.96. The quantitative estimate of drug-likeness (QED) is 0.702. The molecule has 3 N–H and O–H groups in total. The summed E-state index contributed by atoms with van der Waals surface area (Å²) in [6.07, 6.45) is -4.55. The average Bonchev–Trinajstić information content (AvgIpc) is 2.54. The van der Waals surface area contributed by atoms with Crippen molar-refractivity contribution in [3.05, 3.63) is 29.8 Å². The molecule has 26 heavy (non-hydrogen) atoms. The van der Waals surface area contributed by atoms with Gasteiger partial charge < -0.3 is 15.7 Å². The van der Waals surface area contributed by atoms with Gasteiger partial charge >= 0.3 is 12.1 Å². The molecule has 1 aliphatic heterocycles. The summed E-state index contributed by atoms with van der Waals surface area (Å²) < 4.78 is 58.2. The van der Waals surface area contributed by atoms with Crippen molar-refractivity contribution in [3.63, 3.8) is 0 Å². The van der Waals surface area contributed by atoms with Gasteiger partial charge in [0.2, 0.25) is 5.91 Å². The first-order valence-corrected chi connectivity index (χ1v) is 7.73. The van der Waals surface area contributed by atoms with E-state index in [4.69, 9.17) is 9.90 Å². The lowest BCUT2D eigenvalue weighted by Crippen LogP contribution is -2.47. The van der Waals surface area contributed by atoms with Gasteiger partial charge in [0.05, 0.1) is 12.5 Å². The fourth-order valence-corrected chi connectivity index (χ4v) is 2.19. The second-order valence-corrected chi connectivity index (χ2v) is 5.73. The Labute approximate surface area is 146 Å². The van der Waals surface area contributed by atoms with E-state index in [-0.39, 0.29) is 12.5 Å². The zero-order chi connectivity index (χ0) is 20.0. The van der Waals surface area contributed by atoms with Gasteiger partial charge in [-0.2, -0.15) is 13.2 Å². The highest BCUT2D eigenvalue weighted by Gasteiger charge is 2.39.